The maximum Gasteiger partial charge on any atom is 0.264 e. The molecule has 1 aromatic rings. The third-order valence-electron chi connectivity index (χ3n) is 3.90. The second-order valence-electron chi connectivity index (χ2n) is 6.89. The average Bonchev–Trinajstić information content (AvgIpc) is 2.32. The van der Waals surface area contributed by atoms with Crippen molar-refractivity contribution in [2.75, 3.05) is 6.54 Å². The Bertz CT molecular complexity index is 610. The molecule has 1 saturated carbocycles. The summed E-state index contributed by atoms with van der Waals surface area (Å²) in [5.41, 5.74) is -1.12. The second kappa shape index (κ2) is 5.26. The fourth-order valence-corrected chi connectivity index (χ4v) is 2.30. The molecule has 6 heteroatoms. The van der Waals surface area contributed by atoms with Gasteiger partial charge in [0, 0.05) is 12.0 Å². The number of aromatic nitrogens is 2. The number of nitrogens with one attached hydrogen (secondary N) is 2. The van der Waals surface area contributed by atoms with Gasteiger partial charge in [-0.1, -0.05) is 20.8 Å². The van der Waals surface area contributed by atoms with Gasteiger partial charge >= 0.3 is 0 Å². The highest BCUT2D eigenvalue weighted by Gasteiger charge is 2.35. The molecule has 116 valence electrons. The lowest BCUT2D eigenvalue weighted by atomic mass is 9.80. The maximum absolute atomic E-state index is 12.2. The predicted molar refractivity (Wildman–Crippen MR) is 79.4 cm³/mol. The Morgan fingerprint density at radius 2 is 2.05 bits per heavy atom. The molecule has 1 amide bonds. The minimum absolute atomic E-state index is 0.0194. The van der Waals surface area contributed by atoms with Crippen molar-refractivity contribution in [3.8, 4) is 0 Å². The number of aryl methyl sites for hydroxylation is 1. The van der Waals surface area contributed by atoms with Crippen molar-refractivity contribution in [3.63, 3.8) is 0 Å². The standard InChI is InChI=1S/C15H23N3O3/c1-9-10(11(19)16-8-15(21)6-5-7-15)12(20)18-13(17-9)14(2,3)4/h21H,5-8H2,1-4H3,(H,16,19)(H,17,18,20). The molecule has 0 spiro atoms. The predicted octanol–water partition coefficient (Wildman–Crippen LogP) is 1.02. The zero-order chi connectivity index (χ0) is 15.8. The van der Waals surface area contributed by atoms with E-state index in [1.807, 2.05) is 20.8 Å². The summed E-state index contributed by atoms with van der Waals surface area (Å²) in [6, 6.07) is 0. The first-order chi connectivity index (χ1) is 9.62. The molecule has 1 heterocycles. The van der Waals surface area contributed by atoms with Crippen LogP contribution in [0.3, 0.4) is 0 Å². The number of aromatic amines is 1. The van der Waals surface area contributed by atoms with Crippen LogP contribution < -0.4 is 10.9 Å². The molecule has 0 bridgehead atoms. The molecule has 1 aliphatic rings. The van der Waals surface area contributed by atoms with E-state index in [-0.39, 0.29) is 17.5 Å². The average molecular weight is 293 g/mol. The van der Waals surface area contributed by atoms with Crippen molar-refractivity contribution >= 4 is 5.91 Å². The highest BCUT2D eigenvalue weighted by molar-refractivity contribution is 5.94. The quantitative estimate of drug-likeness (QED) is 0.775. The molecule has 21 heavy (non-hydrogen) atoms. The lowest BCUT2D eigenvalue weighted by molar-refractivity contribution is -0.0300. The van der Waals surface area contributed by atoms with Crippen LogP contribution in [-0.2, 0) is 5.41 Å². The van der Waals surface area contributed by atoms with E-state index in [1.165, 1.54) is 0 Å². The van der Waals surface area contributed by atoms with E-state index >= 15 is 0 Å². The lowest BCUT2D eigenvalue weighted by Crippen LogP contribution is -2.48. The summed E-state index contributed by atoms with van der Waals surface area (Å²) in [5, 5.41) is 12.6. The summed E-state index contributed by atoms with van der Waals surface area (Å²) >= 11 is 0. The Labute approximate surface area is 124 Å². The van der Waals surface area contributed by atoms with Crippen LogP contribution in [0.5, 0.6) is 0 Å². The highest BCUT2D eigenvalue weighted by atomic mass is 16.3. The molecule has 0 unspecified atom stereocenters. The van der Waals surface area contributed by atoms with Crippen LogP contribution in [0.25, 0.3) is 0 Å². The number of aliphatic hydroxyl groups is 1. The van der Waals surface area contributed by atoms with E-state index in [0.29, 0.717) is 24.4 Å². The van der Waals surface area contributed by atoms with E-state index in [0.717, 1.165) is 6.42 Å². The zero-order valence-electron chi connectivity index (χ0n) is 13.0. The molecule has 0 atom stereocenters. The molecule has 0 aliphatic heterocycles. The number of rotatable bonds is 3. The first kappa shape index (κ1) is 15.7. The van der Waals surface area contributed by atoms with Gasteiger partial charge in [-0.15, -0.1) is 0 Å². The van der Waals surface area contributed by atoms with Gasteiger partial charge in [-0.2, -0.15) is 0 Å². The van der Waals surface area contributed by atoms with Gasteiger partial charge in [-0.25, -0.2) is 4.98 Å². The molecule has 3 N–H and O–H groups in total. The summed E-state index contributed by atoms with van der Waals surface area (Å²) in [5.74, 6) is 0.0706. The van der Waals surface area contributed by atoms with Crippen LogP contribution >= 0.6 is 0 Å². The number of H-pyrrole nitrogens is 1. The minimum Gasteiger partial charge on any atom is -0.388 e. The molecule has 2 rings (SSSR count). The van der Waals surface area contributed by atoms with Crippen LogP contribution in [0.1, 0.15) is 61.9 Å². The summed E-state index contributed by atoms with van der Waals surface area (Å²) < 4.78 is 0. The van der Waals surface area contributed by atoms with E-state index in [4.69, 9.17) is 0 Å². The number of nitrogens with zero attached hydrogens (tertiary/aromatic N) is 1. The van der Waals surface area contributed by atoms with Crippen molar-refractivity contribution in [1.82, 2.24) is 15.3 Å². The Kier molecular flexibility index (Phi) is 3.93. The van der Waals surface area contributed by atoms with E-state index in [9.17, 15) is 14.7 Å². The van der Waals surface area contributed by atoms with Crippen molar-refractivity contribution in [3.05, 3.63) is 27.4 Å². The van der Waals surface area contributed by atoms with E-state index < -0.39 is 17.1 Å². The van der Waals surface area contributed by atoms with Crippen LogP contribution in [-0.4, -0.2) is 33.1 Å². The fourth-order valence-electron chi connectivity index (χ4n) is 2.30. The van der Waals surface area contributed by atoms with Gasteiger partial charge < -0.3 is 15.4 Å². The molecular weight excluding hydrogens is 270 g/mol. The molecule has 1 fully saturated rings. The number of carbonyl (C=O) groups excluding carboxylic acids is 1. The molecule has 0 radical (unpaired) electrons. The van der Waals surface area contributed by atoms with Crippen molar-refractivity contribution in [1.29, 1.82) is 0 Å². The van der Waals surface area contributed by atoms with Crippen molar-refractivity contribution < 1.29 is 9.90 Å². The van der Waals surface area contributed by atoms with Gasteiger partial charge in [0.25, 0.3) is 11.5 Å². The summed E-state index contributed by atoms with van der Waals surface area (Å²) in [4.78, 5) is 31.3. The Morgan fingerprint density at radius 1 is 1.43 bits per heavy atom. The highest BCUT2D eigenvalue weighted by Crippen LogP contribution is 2.30. The first-order valence-corrected chi connectivity index (χ1v) is 7.24. The smallest absolute Gasteiger partial charge is 0.264 e. The lowest BCUT2D eigenvalue weighted by Gasteiger charge is -2.36. The Hall–Kier alpha value is -1.69. The van der Waals surface area contributed by atoms with E-state index in [2.05, 4.69) is 15.3 Å². The zero-order valence-corrected chi connectivity index (χ0v) is 13.0. The Balaban J connectivity index is 2.19. The Morgan fingerprint density at radius 3 is 2.48 bits per heavy atom. The third kappa shape index (κ3) is 3.32. The van der Waals surface area contributed by atoms with Crippen LogP contribution in [0.2, 0.25) is 0 Å². The maximum atomic E-state index is 12.2. The number of amides is 1. The van der Waals surface area contributed by atoms with Crippen LogP contribution in [0.4, 0.5) is 0 Å². The molecule has 0 saturated heterocycles. The van der Waals surface area contributed by atoms with Crippen LogP contribution in [0.15, 0.2) is 4.79 Å². The summed E-state index contributed by atoms with van der Waals surface area (Å²) in [6.45, 7) is 7.65. The minimum atomic E-state index is -0.810. The normalized spacial score (nSPS) is 17.2. The SMILES string of the molecule is Cc1nc(C(C)(C)C)[nH]c(=O)c1C(=O)NCC1(O)CCC1. The van der Waals surface area contributed by atoms with Gasteiger partial charge in [0.15, 0.2) is 0 Å². The fraction of sp³-hybridized carbons (Fsp3) is 0.667. The molecule has 1 aliphatic carbocycles. The summed E-state index contributed by atoms with van der Waals surface area (Å²) in [7, 11) is 0. The topological polar surface area (TPSA) is 95.1 Å². The second-order valence-corrected chi connectivity index (χ2v) is 6.89. The van der Waals surface area contributed by atoms with E-state index in [1.54, 1.807) is 6.92 Å². The largest absolute Gasteiger partial charge is 0.388 e. The molecule has 0 aromatic carbocycles. The van der Waals surface area contributed by atoms with Gasteiger partial charge in [-0.05, 0) is 26.2 Å². The number of hydrogen-bond acceptors (Lipinski definition) is 4. The number of hydrogen-bond donors (Lipinski definition) is 3. The monoisotopic (exact) mass is 293 g/mol. The van der Waals surface area contributed by atoms with Crippen molar-refractivity contribution in [2.45, 2.75) is 58.0 Å². The third-order valence-corrected chi connectivity index (χ3v) is 3.90. The number of carbonyl (C=O) groups is 1. The first-order valence-electron chi connectivity index (χ1n) is 7.24. The van der Waals surface area contributed by atoms with Crippen LogP contribution in [0, 0.1) is 6.92 Å². The van der Waals surface area contributed by atoms with Gasteiger partial charge in [0.2, 0.25) is 0 Å². The van der Waals surface area contributed by atoms with Gasteiger partial charge in [-0.3, -0.25) is 9.59 Å². The van der Waals surface area contributed by atoms with Gasteiger partial charge in [0.05, 0.1) is 11.3 Å². The van der Waals surface area contributed by atoms with Gasteiger partial charge in [0.1, 0.15) is 11.4 Å². The van der Waals surface area contributed by atoms with Crippen molar-refractivity contribution in [2.24, 2.45) is 0 Å². The molecule has 1 aromatic heterocycles. The molecule has 6 nitrogen and oxygen atoms in total. The molecular formula is C15H23N3O3. The summed E-state index contributed by atoms with van der Waals surface area (Å²) in [6.07, 6.45) is 2.33.